The van der Waals surface area contributed by atoms with Gasteiger partial charge < -0.3 is 20.1 Å². The number of rotatable bonds is 5. The van der Waals surface area contributed by atoms with Crippen LogP contribution in [-0.4, -0.2) is 44.0 Å². The first-order valence-electron chi connectivity index (χ1n) is 7.64. The highest BCUT2D eigenvalue weighted by molar-refractivity contribution is 5.83. The van der Waals surface area contributed by atoms with Crippen LogP contribution in [0.5, 0.6) is 5.75 Å². The smallest absolute Gasteiger partial charge is 0.405 e. The largest absolute Gasteiger partial charge is 0.573 e. The van der Waals surface area contributed by atoms with Gasteiger partial charge in [-0.1, -0.05) is 18.2 Å². The maximum absolute atomic E-state index is 12.8. The third-order valence-corrected chi connectivity index (χ3v) is 4.25. The van der Waals surface area contributed by atoms with Crippen molar-refractivity contribution in [2.24, 2.45) is 11.1 Å². The van der Waals surface area contributed by atoms with E-state index in [0.717, 1.165) is 0 Å². The summed E-state index contributed by atoms with van der Waals surface area (Å²) in [6, 6.07) is 5.79. The summed E-state index contributed by atoms with van der Waals surface area (Å²) in [5.41, 5.74) is 5.37. The van der Waals surface area contributed by atoms with Gasteiger partial charge in [-0.3, -0.25) is 4.79 Å². The molecule has 2 N–H and O–H groups in total. The molecule has 2 rings (SSSR count). The third-order valence-electron chi connectivity index (χ3n) is 4.25. The molecule has 134 valence electrons. The molecule has 0 unspecified atom stereocenters. The lowest BCUT2D eigenvalue weighted by Crippen LogP contribution is -2.49. The van der Waals surface area contributed by atoms with Crippen LogP contribution in [0.25, 0.3) is 0 Å². The molecule has 1 fully saturated rings. The Morgan fingerprint density at radius 1 is 1.33 bits per heavy atom. The van der Waals surface area contributed by atoms with Gasteiger partial charge in [-0.15, -0.1) is 13.2 Å². The summed E-state index contributed by atoms with van der Waals surface area (Å²) in [6.45, 7) is 1.09. The molecule has 8 heteroatoms. The minimum Gasteiger partial charge on any atom is -0.405 e. The normalized spacial score (nSPS) is 17.4. The number of benzene rings is 1. The first-order chi connectivity index (χ1) is 11.3. The topological polar surface area (TPSA) is 64.8 Å². The number of halogens is 3. The van der Waals surface area contributed by atoms with E-state index in [2.05, 4.69) is 4.74 Å². The van der Waals surface area contributed by atoms with Crippen molar-refractivity contribution in [2.45, 2.75) is 25.7 Å². The van der Waals surface area contributed by atoms with Gasteiger partial charge in [-0.25, -0.2) is 0 Å². The van der Waals surface area contributed by atoms with E-state index in [0.29, 0.717) is 26.1 Å². The van der Waals surface area contributed by atoms with Crippen LogP contribution >= 0.6 is 0 Å². The van der Waals surface area contributed by atoms with E-state index < -0.39 is 11.8 Å². The number of amides is 1. The van der Waals surface area contributed by atoms with Gasteiger partial charge in [0.05, 0.1) is 5.41 Å². The summed E-state index contributed by atoms with van der Waals surface area (Å²) in [4.78, 5) is 14.2. The fourth-order valence-electron chi connectivity index (χ4n) is 2.86. The van der Waals surface area contributed by atoms with E-state index >= 15 is 0 Å². The van der Waals surface area contributed by atoms with Crippen LogP contribution in [0, 0.1) is 5.41 Å². The molecule has 1 aliphatic rings. The van der Waals surface area contributed by atoms with E-state index in [4.69, 9.17) is 10.5 Å². The highest BCUT2D eigenvalue weighted by atomic mass is 19.4. The van der Waals surface area contributed by atoms with Gasteiger partial charge in [0.1, 0.15) is 5.75 Å². The van der Waals surface area contributed by atoms with Crippen LogP contribution in [0.15, 0.2) is 24.3 Å². The molecule has 0 aliphatic carbocycles. The molecule has 24 heavy (non-hydrogen) atoms. The Bertz CT molecular complexity index is 572. The van der Waals surface area contributed by atoms with Crippen molar-refractivity contribution >= 4 is 5.91 Å². The average Bonchev–Trinajstić information content (AvgIpc) is 2.55. The Hall–Kier alpha value is -1.80. The van der Waals surface area contributed by atoms with Gasteiger partial charge in [-0.05, 0) is 18.9 Å². The summed E-state index contributed by atoms with van der Waals surface area (Å²) in [6.07, 6.45) is -3.77. The molecule has 0 bridgehead atoms. The van der Waals surface area contributed by atoms with Crippen molar-refractivity contribution in [1.29, 1.82) is 0 Å². The number of para-hydroxylation sites is 1. The molecule has 1 aliphatic heterocycles. The van der Waals surface area contributed by atoms with Gasteiger partial charge in [0.2, 0.25) is 5.91 Å². The Labute approximate surface area is 138 Å². The molecule has 0 spiro atoms. The predicted octanol–water partition coefficient (Wildman–Crippen LogP) is 2.30. The Kier molecular flexibility index (Phi) is 5.71. The van der Waals surface area contributed by atoms with E-state index in [1.807, 2.05) is 0 Å². The first kappa shape index (κ1) is 18.5. The number of ether oxygens (including phenoxy) is 2. The quantitative estimate of drug-likeness (QED) is 0.889. The second-order valence-corrected chi connectivity index (χ2v) is 5.91. The van der Waals surface area contributed by atoms with Crippen LogP contribution < -0.4 is 10.5 Å². The van der Waals surface area contributed by atoms with E-state index in [1.165, 1.54) is 23.1 Å². The fraction of sp³-hybridized carbons (Fsp3) is 0.562. The maximum Gasteiger partial charge on any atom is 0.573 e. The SMILES string of the molecule is CN(Cc1ccccc1OC(F)(F)F)C(=O)C1(CN)CCOCC1. The maximum atomic E-state index is 12.8. The number of carbonyl (C=O) groups excluding carboxylic acids is 1. The minimum absolute atomic E-state index is 0.00763. The Morgan fingerprint density at radius 3 is 2.54 bits per heavy atom. The summed E-state index contributed by atoms with van der Waals surface area (Å²) in [7, 11) is 1.56. The van der Waals surface area contributed by atoms with E-state index in [-0.39, 0.29) is 30.3 Å². The zero-order chi connectivity index (χ0) is 17.8. The minimum atomic E-state index is -4.78. The predicted molar refractivity (Wildman–Crippen MR) is 81.1 cm³/mol. The molecule has 1 aromatic rings. The van der Waals surface area contributed by atoms with Crippen LogP contribution in [0.2, 0.25) is 0 Å². The van der Waals surface area contributed by atoms with Crippen molar-refractivity contribution < 1.29 is 27.4 Å². The number of nitrogens with two attached hydrogens (primary N) is 1. The molecule has 0 atom stereocenters. The monoisotopic (exact) mass is 346 g/mol. The molecule has 1 saturated heterocycles. The summed E-state index contributed by atoms with van der Waals surface area (Å²) >= 11 is 0. The molecule has 1 amide bonds. The van der Waals surface area contributed by atoms with Gasteiger partial charge in [-0.2, -0.15) is 0 Å². The third kappa shape index (κ3) is 4.39. The van der Waals surface area contributed by atoms with E-state index in [9.17, 15) is 18.0 Å². The van der Waals surface area contributed by atoms with Crippen LogP contribution in [-0.2, 0) is 16.1 Å². The Morgan fingerprint density at radius 2 is 1.96 bits per heavy atom. The van der Waals surface area contributed by atoms with Crippen molar-refractivity contribution in [2.75, 3.05) is 26.8 Å². The fourth-order valence-corrected chi connectivity index (χ4v) is 2.86. The molecule has 5 nitrogen and oxygen atoms in total. The molecule has 1 aromatic carbocycles. The molecule has 0 saturated carbocycles. The lowest BCUT2D eigenvalue weighted by atomic mass is 9.79. The van der Waals surface area contributed by atoms with Crippen molar-refractivity contribution in [3.8, 4) is 5.75 Å². The Balaban J connectivity index is 2.14. The lowest BCUT2D eigenvalue weighted by Gasteiger charge is -2.37. The second kappa shape index (κ2) is 7.40. The van der Waals surface area contributed by atoms with E-state index in [1.54, 1.807) is 13.1 Å². The van der Waals surface area contributed by atoms with Gasteiger partial charge >= 0.3 is 6.36 Å². The summed E-state index contributed by atoms with van der Waals surface area (Å²) < 4.78 is 46.8. The van der Waals surface area contributed by atoms with Crippen molar-refractivity contribution in [3.63, 3.8) is 0 Å². The van der Waals surface area contributed by atoms with Crippen molar-refractivity contribution in [1.82, 2.24) is 4.90 Å². The summed E-state index contributed by atoms with van der Waals surface area (Å²) in [5.74, 6) is -0.492. The van der Waals surface area contributed by atoms with Gasteiger partial charge in [0, 0.05) is 38.9 Å². The van der Waals surface area contributed by atoms with Crippen molar-refractivity contribution in [3.05, 3.63) is 29.8 Å². The molecule has 1 heterocycles. The number of hydrogen-bond acceptors (Lipinski definition) is 4. The number of alkyl halides is 3. The molecular formula is C16H21F3N2O3. The van der Waals surface area contributed by atoms with Crippen LogP contribution in [0.1, 0.15) is 18.4 Å². The number of carbonyl (C=O) groups is 1. The standard InChI is InChI=1S/C16H21F3N2O3/c1-21(14(22)15(11-20)6-8-23-9-7-15)10-12-4-2-3-5-13(12)24-16(17,18)19/h2-5H,6-11,20H2,1H3. The first-order valence-corrected chi connectivity index (χ1v) is 7.64. The number of nitrogens with zero attached hydrogens (tertiary/aromatic N) is 1. The zero-order valence-corrected chi connectivity index (χ0v) is 13.4. The molecule has 0 aromatic heterocycles. The zero-order valence-electron chi connectivity index (χ0n) is 13.4. The summed E-state index contributed by atoms with van der Waals surface area (Å²) in [5, 5.41) is 0. The highest BCUT2D eigenvalue weighted by Crippen LogP contribution is 2.33. The highest BCUT2D eigenvalue weighted by Gasteiger charge is 2.40. The van der Waals surface area contributed by atoms with Gasteiger partial charge in [0.15, 0.2) is 0 Å². The van der Waals surface area contributed by atoms with Gasteiger partial charge in [0.25, 0.3) is 0 Å². The average molecular weight is 346 g/mol. The van der Waals surface area contributed by atoms with Crippen LogP contribution in [0.3, 0.4) is 0 Å². The van der Waals surface area contributed by atoms with Crippen LogP contribution in [0.4, 0.5) is 13.2 Å². The molecule has 0 radical (unpaired) electrons. The lowest BCUT2D eigenvalue weighted by molar-refractivity contribution is -0.275. The molecular weight excluding hydrogens is 325 g/mol. The second-order valence-electron chi connectivity index (χ2n) is 5.91. The number of hydrogen-bond donors (Lipinski definition) is 1.